The number of carbonyl (C=O) groups is 1. The number of nitrogens with zero attached hydrogens (tertiary/aromatic N) is 2. The number of fused-ring (bicyclic) bond motifs is 1. The van der Waals surface area contributed by atoms with E-state index >= 15 is 0 Å². The molecule has 1 fully saturated rings. The molecule has 5 nitrogen and oxygen atoms in total. The number of hydrogen-bond donors (Lipinski definition) is 2. The van der Waals surface area contributed by atoms with Crippen molar-refractivity contribution in [2.45, 2.75) is 0 Å². The predicted molar refractivity (Wildman–Crippen MR) is 110 cm³/mol. The minimum absolute atomic E-state index is 0.0673. The van der Waals surface area contributed by atoms with E-state index in [9.17, 15) is 9.18 Å². The van der Waals surface area contributed by atoms with Crippen LogP contribution in [0.25, 0.3) is 10.2 Å². The number of benzene rings is 1. The Labute approximate surface area is 167 Å². The molecular weight excluding hydrogens is 466 g/mol. The fourth-order valence-corrected chi connectivity index (χ4v) is 4.49. The van der Waals surface area contributed by atoms with E-state index in [1.165, 1.54) is 17.4 Å². The molecule has 0 saturated carbocycles. The monoisotopic (exact) mass is 482 g/mol. The van der Waals surface area contributed by atoms with Gasteiger partial charge < -0.3 is 16.0 Å². The molecule has 0 radical (unpaired) electrons. The van der Waals surface area contributed by atoms with E-state index < -0.39 is 0 Å². The van der Waals surface area contributed by atoms with E-state index in [-0.39, 0.29) is 11.7 Å². The first-order valence-electron chi connectivity index (χ1n) is 8.15. The first-order chi connectivity index (χ1) is 12.6. The molecule has 4 rings (SSSR count). The van der Waals surface area contributed by atoms with Crippen molar-refractivity contribution in [3.8, 4) is 0 Å². The van der Waals surface area contributed by atoms with Crippen molar-refractivity contribution in [1.82, 2.24) is 9.88 Å². The molecule has 26 heavy (non-hydrogen) atoms. The third kappa shape index (κ3) is 3.17. The molecule has 1 aliphatic rings. The minimum Gasteiger partial charge on any atom is -0.344 e. The summed E-state index contributed by atoms with van der Waals surface area (Å²) < 4.78 is 15.1. The molecule has 3 heterocycles. The van der Waals surface area contributed by atoms with Crippen LogP contribution < -0.4 is 11.1 Å². The first-order valence-corrected chi connectivity index (χ1v) is 10.0. The topological polar surface area (TPSA) is 71.2 Å². The molecule has 1 aliphatic heterocycles. The number of rotatable bonds is 4. The summed E-state index contributed by atoms with van der Waals surface area (Å²) in [5.41, 5.74) is 6.56. The van der Waals surface area contributed by atoms with Crippen LogP contribution in [0.15, 0.2) is 36.5 Å². The number of carbonyl (C=O) groups excluding carboxylic acids is 1. The SMILES string of the molecule is NCC1CN(C(=O)c2c(Nc3ccc(I)cc3F)sc3ncccc23)C1. The fraction of sp³-hybridized carbons (Fsp3) is 0.222. The molecule has 1 aromatic carbocycles. The van der Waals surface area contributed by atoms with Crippen LogP contribution >= 0.6 is 33.9 Å². The largest absolute Gasteiger partial charge is 0.344 e. The molecule has 3 N–H and O–H groups in total. The maximum atomic E-state index is 14.3. The van der Waals surface area contributed by atoms with Gasteiger partial charge in [-0.1, -0.05) is 11.3 Å². The summed E-state index contributed by atoms with van der Waals surface area (Å²) in [6, 6.07) is 8.64. The van der Waals surface area contributed by atoms with Gasteiger partial charge in [0.1, 0.15) is 15.6 Å². The van der Waals surface area contributed by atoms with Gasteiger partial charge in [0.15, 0.2) is 0 Å². The molecule has 8 heteroatoms. The summed E-state index contributed by atoms with van der Waals surface area (Å²) in [5, 5.41) is 4.49. The van der Waals surface area contributed by atoms with Gasteiger partial charge in [-0.15, -0.1) is 0 Å². The Morgan fingerprint density at radius 3 is 2.96 bits per heavy atom. The predicted octanol–water partition coefficient (Wildman–Crippen LogP) is 3.81. The average molecular weight is 482 g/mol. The van der Waals surface area contributed by atoms with Crippen molar-refractivity contribution < 1.29 is 9.18 Å². The van der Waals surface area contributed by atoms with Crippen molar-refractivity contribution in [2.24, 2.45) is 11.7 Å². The number of likely N-dealkylation sites (tertiary alicyclic amines) is 1. The van der Waals surface area contributed by atoms with Gasteiger partial charge in [-0.3, -0.25) is 4.79 Å². The lowest BCUT2D eigenvalue weighted by molar-refractivity contribution is 0.0519. The summed E-state index contributed by atoms with van der Waals surface area (Å²) in [6.07, 6.45) is 1.69. The van der Waals surface area contributed by atoms with Crippen molar-refractivity contribution >= 4 is 60.7 Å². The zero-order valence-corrected chi connectivity index (χ0v) is 16.7. The van der Waals surface area contributed by atoms with Crippen LogP contribution in [0.1, 0.15) is 10.4 Å². The molecule has 134 valence electrons. The molecular formula is C18H16FIN4OS. The molecule has 2 aromatic heterocycles. The summed E-state index contributed by atoms with van der Waals surface area (Å²) >= 11 is 3.42. The average Bonchev–Trinajstić information content (AvgIpc) is 2.94. The molecule has 3 aromatic rings. The second-order valence-electron chi connectivity index (χ2n) is 6.22. The van der Waals surface area contributed by atoms with Gasteiger partial charge in [0.25, 0.3) is 5.91 Å². The van der Waals surface area contributed by atoms with Crippen molar-refractivity contribution in [3.05, 3.63) is 51.5 Å². The fourth-order valence-electron chi connectivity index (χ4n) is 2.99. The van der Waals surface area contributed by atoms with Gasteiger partial charge in [-0.25, -0.2) is 9.37 Å². The van der Waals surface area contributed by atoms with Gasteiger partial charge in [0.05, 0.1) is 11.3 Å². The van der Waals surface area contributed by atoms with Gasteiger partial charge in [0.2, 0.25) is 0 Å². The van der Waals surface area contributed by atoms with E-state index in [1.807, 2.05) is 12.1 Å². The molecule has 0 atom stereocenters. The van der Waals surface area contributed by atoms with Crippen molar-refractivity contribution in [3.63, 3.8) is 0 Å². The summed E-state index contributed by atoms with van der Waals surface area (Å²) in [5.74, 6) is -0.0674. The Morgan fingerprint density at radius 1 is 1.42 bits per heavy atom. The quantitative estimate of drug-likeness (QED) is 0.555. The van der Waals surface area contributed by atoms with Crippen LogP contribution in [0.2, 0.25) is 0 Å². The van der Waals surface area contributed by atoms with Crippen LogP contribution in [0.4, 0.5) is 15.1 Å². The molecule has 0 spiro atoms. The number of anilines is 2. The third-order valence-corrected chi connectivity index (χ3v) is 6.14. The van der Waals surface area contributed by atoms with Crippen LogP contribution in [-0.2, 0) is 0 Å². The number of amides is 1. The first kappa shape index (κ1) is 17.6. The van der Waals surface area contributed by atoms with E-state index in [2.05, 4.69) is 32.9 Å². The molecule has 0 unspecified atom stereocenters. The maximum absolute atomic E-state index is 14.3. The van der Waals surface area contributed by atoms with Crippen LogP contribution in [0, 0.1) is 15.3 Å². The van der Waals surface area contributed by atoms with Gasteiger partial charge in [0, 0.05) is 34.2 Å². The molecule has 0 aliphatic carbocycles. The molecule has 1 saturated heterocycles. The number of pyridine rings is 1. The van der Waals surface area contributed by atoms with Crippen molar-refractivity contribution in [2.75, 3.05) is 25.0 Å². The lowest BCUT2D eigenvalue weighted by atomic mass is 9.99. The zero-order chi connectivity index (χ0) is 18.3. The minimum atomic E-state index is -0.354. The number of thiophene rings is 1. The van der Waals surface area contributed by atoms with Crippen LogP contribution in [0.3, 0.4) is 0 Å². The Bertz CT molecular complexity index is 986. The summed E-state index contributed by atoms with van der Waals surface area (Å²) in [7, 11) is 0. The molecule has 1 amide bonds. The Kier molecular flexibility index (Phi) is 4.80. The van der Waals surface area contributed by atoms with Gasteiger partial charge in [-0.2, -0.15) is 0 Å². The number of nitrogens with one attached hydrogen (secondary N) is 1. The van der Waals surface area contributed by atoms with Gasteiger partial charge >= 0.3 is 0 Å². The van der Waals surface area contributed by atoms with Crippen LogP contribution in [0.5, 0.6) is 0 Å². The van der Waals surface area contributed by atoms with Crippen molar-refractivity contribution in [1.29, 1.82) is 0 Å². The smallest absolute Gasteiger partial charge is 0.257 e. The highest BCUT2D eigenvalue weighted by molar-refractivity contribution is 14.1. The van der Waals surface area contributed by atoms with Crippen LogP contribution in [-0.4, -0.2) is 35.4 Å². The highest BCUT2D eigenvalue weighted by atomic mass is 127. The Balaban J connectivity index is 1.73. The number of nitrogens with two attached hydrogens (primary N) is 1. The lowest BCUT2D eigenvalue weighted by Gasteiger charge is -2.38. The summed E-state index contributed by atoms with van der Waals surface area (Å²) in [6.45, 7) is 1.89. The number of hydrogen-bond acceptors (Lipinski definition) is 5. The Morgan fingerprint density at radius 2 is 2.23 bits per heavy atom. The number of halogens is 2. The van der Waals surface area contributed by atoms with E-state index in [4.69, 9.17) is 5.73 Å². The second-order valence-corrected chi connectivity index (χ2v) is 8.47. The number of aromatic nitrogens is 1. The standard InChI is InChI=1S/C18H16FIN4OS/c19-13-6-11(20)3-4-14(13)23-17-15(12-2-1-5-22-16(12)26-17)18(25)24-8-10(7-21)9-24/h1-6,10,23H,7-9,21H2. The lowest BCUT2D eigenvalue weighted by Crippen LogP contribution is -2.52. The summed E-state index contributed by atoms with van der Waals surface area (Å²) in [4.78, 5) is 19.9. The third-order valence-electron chi connectivity index (χ3n) is 4.44. The van der Waals surface area contributed by atoms with Gasteiger partial charge in [-0.05, 0) is 59.5 Å². The normalized spacial score (nSPS) is 14.5. The molecule has 0 bridgehead atoms. The Hall–Kier alpha value is -1.78. The second kappa shape index (κ2) is 7.09. The van der Waals surface area contributed by atoms with E-state index in [0.29, 0.717) is 41.8 Å². The zero-order valence-electron chi connectivity index (χ0n) is 13.7. The van der Waals surface area contributed by atoms with E-state index in [1.54, 1.807) is 23.2 Å². The maximum Gasteiger partial charge on any atom is 0.257 e. The highest BCUT2D eigenvalue weighted by Gasteiger charge is 2.33. The van der Waals surface area contributed by atoms with E-state index in [0.717, 1.165) is 13.8 Å². The highest BCUT2D eigenvalue weighted by Crippen LogP contribution is 2.38.